The van der Waals surface area contributed by atoms with Gasteiger partial charge in [0.25, 0.3) is 5.91 Å². The molecule has 0 saturated heterocycles. The molecule has 0 spiro atoms. The summed E-state index contributed by atoms with van der Waals surface area (Å²) in [6.07, 6.45) is 0.839. The number of carbonyl (C=O) groups is 2. The summed E-state index contributed by atoms with van der Waals surface area (Å²) in [5.41, 5.74) is 1.80. The average Bonchev–Trinajstić information content (AvgIpc) is 2.66. The van der Waals surface area contributed by atoms with Gasteiger partial charge in [-0.3, -0.25) is 4.79 Å². The lowest BCUT2D eigenvalue weighted by molar-refractivity contribution is -0.153. The number of nitrogens with zero attached hydrogens (tertiary/aromatic N) is 1. The van der Waals surface area contributed by atoms with E-state index in [2.05, 4.69) is 0 Å². The number of carbonyl (C=O) groups excluding carboxylic acids is 2. The summed E-state index contributed by atoms with van der Waals surface area (Å²) in [6, 6.07) is 16.6. The summed E-state index contributed by atoms with van der Waals surface area (Å²) >= 11 is 0. The molecule has 0 bridgehead atoms. The summed E-state index contributed by atoms with van der Waals surface area (Å²) in [5.74, 6) is -0.195. The van der Waals surface area contributed by atoms with Crippen LogP contribution in [-0.2, 0) is 14.3 Å². The minimum atomic E-state index is -0.873. The predicted octanol–water partition coefficient (Wildman–Crippen LogP) is 3.26. The van der Waals surface area contributed by atoms with E-state index in [0.717, 1.165) is 5.56 Å². The van der Waals surface area contributed by atoms with Gasteiger partial charge in [-0.05, 0) is 24.6 Å². The third-order valence-electron chi connectivity index (χ3n) is 3.82. The highest BCUT2D eigenvalue weighted by molar-refractivity contribution is 6.22. The fraction of sp³-hybridized carbons (Fsp3) is 0.238. The predicted molar refractivity (Wildman–Crippen MR) is 102 cm³/mol. The first kappa shape index (κ1) is 19.2. The standard InChI is InChI=1S/C21H23NO4/c1-15(20(23)22(2)3)26-21(24)18(16-10-6-5-7-11-16)14-17-12-8-9-13-19(17)25-4/h5-15H,1-4H3/b18-14+/t15-/m1/s1. The van der Waals surface area contributed by atoms with Crippen molar-refractivity contribution in [1.29, 1.82) is 0 Å². The summed E-state index contributed by atoms with van der Waals surface area (Å²) in [6.45, 7) is 1.56. The van der Waals surface area contributed by atoms with Gasteiger partial charge in [-0.15, -0.1) is 0 Å². The molecule has 0 saturated carbocycles. The van der Waals surface area contributed by atoms with Crippen LogP contribution in [0.5, 0.6) is 5.75 Å². The Hall–Kier alpha value is -3.08. The molecule has 0 N–H and O–H groups in total. The van der Waals surface area contributed by atoms with Gasteiger partial charge in [0, 0.05) is 19.7 Å². The normalized spacial score (nSPS) is 12.2. The molecule has 0 aliphatic rings. The lowest BCUT2D eigenvalue weighted by Crippen LogP contribution is -2.35. The van der Waals surface area contributed by atoms with Crippen molar-refractivity contribution in [3.8, 4) is 5.75 Å². The lowest BCUT2D eigenvalue weighted by Gasteiger charge is -2.18. The molecule has 0 aliphatic heterocycles. The van der Waals surface area contributed by atoms with Gasteiger partial charge < -0.3 is 14.4 Å². The Morgan fingerprint density at radius 2 is 1.62 bits per heavy atom. The molecule has 2 rings (SSSR count). The van der Waals surface area contributed by atoms with Crippen LogP contribution in [0.15, 0.2) is 54.6 Å². The first-order valence-electron chi connectivity index (χ1n) is 8.26. The number of amides is 1. The summed E-state index contributed by atoms with van der Waals surface area (Å²) < 4.78 is 10.8. The second kappa shape index (κ2) is 8.85. The number of methoxy groups -OCH3 is 1. The van der Waals surface area contributed by atoms with Crippen molar-refractivity contribution in [2.75, 3.05) is 21.2 Å². The zero-order chi connectivity index (χ0) is 19.1. The van der Waals surface area contributed by atoms with Crippen LogP contribution in [0.25, 0.3) is 11.6 Å². The highest BCUT2D eigenvalue weighted by atomic mass is 16.5. The highest BCUT2D eigenvalue weighted by Gasteiger charge is 2.22. The summed E-state index contributed by atoms with van der Waals surface area (Å²) in [7, 11) is 4.82. The highest BCUT2D eigenvalue weighted by Crippen LogP contribution is 2.25. The number of ether oxygens (including phenoxy) is 2. The van der Waals surface area contributed by atoms with E-state index in [0.29, 0.717) is 16.9 Å². The molecule has 2 aromatic carbocycles. The van der Waals surface area contributed by atoms with Gasteiger partial charge in [-0.25, -0.2) is 4.79 Å². The lowest BCUT2D eigenvalue weighted by atomic mass is 10.0. The fourth-order valence-electron chi connectivity index (χ4n) is 2.46. The minimum absolute atomic E-state index is 0.275. The quantitative estimate of drug-likeness (QED) is 0.454. The average molecular weight is 353 g/mol. The van der Waals surface area contributed by atoms with E-state index >= 15 is 0 Å². The van der Waals surface area contributed by atoms with Crippen molar-refractivity contribution in [2.24, 2.45) is 0 Å². The Kier molecular flexibility index (Phi) is 6.55. The number of rotatable bonds is 6. The van der Waals surface area contributed by atoms with Crippen molar-refractivity contribution in [2.45, 2.75) is 13.0 Å². The van der Waals surface area contributed by atoms with E-state index in [1.54, 1.807) is 34.2 Å². The van der Waals surface area contributed by atoms with Crippen LogP contribution in [0.1, 0.15) is 18.1 Å². The van der Waals surface area contributed by atoms with Crippen LogP contribution in [0.4, 0.5) is 0 Å². The molecule has 5 nitrogen and oxygen atoms in total. The van der Waals surface area contributed by atoms with Crippen molar-refractivity contribution in [3.05, 3.63) is 65.7 Å². The fourth-order valence-corrected chi connectivity index (χ4v) is 2.46. The smallest absolute Gasteiger partial charge is 0.339 e. The molecule has 0 heterocycles. The largest absolute Gasteiger partial charge is 0.496 e. The van der Waals surface area contributed by atoms with Gasteiger partial charge in [-0.1, -0.05) is 48.5 Å². The van der Waals surface area contributed by atoms with E-state index in [4.69, 9.17) is 9.47 Å². The van der Waals surface area contributed by atoms with E-state index in [1.807, 2.05) is 54.6 Å². The molecular weight excluding hydrogens is 330 g/mol. The molecule has 1 amide bonds. The molecule has 0 unspecified atom stereocenters. The molecule has 0 fully saturated rings. The number of likely N-dealkylation sites (N-methyl/N-ethyl adjacent to an activating group) is 1. The minimum Gasteiger partial charge on any atom is -0.496 e. The molecule has 136 valence electrons. The topological polar surface area (TPSA) is 55.8 Å². The number of hydrogen-bond acceptors (Lipinski definition) is 4. The molecule has 2 aromatic rings. The molecular formula is C21H23NO4. The second-order valence-corrected chi connectivity index (χ2v) is 5.95. The van der Waals surface area contributed by atoms with Crippen LogP contribution < -0.4 is 4.74 Å². The van der Waals surface area contributed by atoms with E-state index < -0.39 is 12.1 Å². The van der Waals surface area contributed by atoms with E-state index in [9.17, 15) is 9.59 Å². The van der Waals surface area contributed by atoms with Crippen LogP contribution >= 0.6 is 0 Å². The van der Waals surface area contributed by atoms with Gasteiger partial charge in [0.1, 0.15) is 5.75 Å². The maximum atomic E-state index is 12.8. The molecule has 5 heteroatoms. The van der Waals surface area contributed by atoms with Crippen LogP contribution in [0.2, 0.25) is 0 Å². The van der Waals surface area contributed by atoms with Gasteiger partial charge in [0.15, 0.2) is 6.10 Å². The van der Waals surface area contributed by atoms with Gasteiger partial charge in [-0.2, -0.15) is 0 Å². The SMILES string of the molecule is COc1ccccc1/C=C(/C(=O)O[C@H](C)C(=O)N(C)C)c1ccccc1. The Bertz CT molecular complexity index is 797. The Balaban J connectivity index is 2.41. The molecule has 0 radical (unpaired) electrons. The second-order valence-electron chi connectivity index (χ2n) is 5.95. The third kappa shape index (κ3) is 4.72. The maximum absolute atomic E-state index is 12.8. The van der Waals surface area contributed by atoms with Crippen molar-refractivity contribution in [1.82, 2.24) is 4.90 Å². The Morgan fingerprint density at radius 1 is 1.00 bits per heavy atom. The van der Waals surface area contributed by atoms with E-state index in [-0.39, 0.29) is 5.91 Å². The summed E-state index contributed by atoms with van der Waals surface area (Å²) in [5, 5.41) is 0. The van der Waals surface area contributed by atoms with Crippen molar-refractivity contribution >= 4 is 23.5 Å². The summed E-state index contributed by atoms with van der Waals surface area (Å²) in [4.78, 5) is 26.2. The number of benzene rings is 2. The molecule has 26 heavy (non-hydrogen) atoms. The van der Waals surface area contributed by atoms with Crippen molar-refractivity contribution in [3.63, 3.8) is 0 Å². The number of hydrogen-bond donors (Lipinski definition) is 0. The zero-order valence-electron chi connectivity index (χ0n) is 15.4. The maximum Gasteiger partial charge on any atom is 0.339 e. The molecule has 1 atom stereocenters. The van der Waals surface area contributed by atoms with Gasteiger partial charge in [0.05, 0.1) is 12.7 Å². The molecule has 0 aromatic heterocycles. The zero-order valence-corrected chi connectivity index (χ0v) is 15.4. The van der Waals surface area contributed by atoms with Crippen LogP contribution in [0, 0.1) is 0 Å². The Morgan fingerprint density at radius 3 is 2.23 bits per heavy atom. The van der Waals surface area contributed by atoms with Crippen molar-refractivity contribution < 1.29 is 19.1 Å². The van der Waals surface area contributed by atoms with Crippen LogP contribution in [-0.4, -0.2) is 44.1 Å². The monoisotopic (exact) mass is 353 g/mol. The van der Waals surface area contributed by atoms with Gasteiger partial charge in [0.2, 0.25) is 0 Å². The Labute approximate surface area is 153 Å². The number of para-hydroxylation sites is 1. The first-order chi connectivity index (χ1) is 12.4. The van der Waals surface area contributed by atoms with Gasteiger partial charge >= 0.3 is 5.97 Å². The molecule has 0 aliphatic carbocycles. The first-order valence-corrected chi connectivity index (χ1v) is 8.26. The van der Waals surface area contributed by atoms with Crippen LogP contribution in [0.3, 0.4) is 0 Å². The third-order valence-corrected chi connectivity index (χ3v) is 3.82. The van der Waals surface area contributed by atoms with E-state index in [1.165, 1.54) is 4.90 Å². The number of esters is 1.